The number of ether oxygens (including phenoxy) is 1. The lowest BCUT2D eigenvalue weighted by Gasteiger charge is -2.18. The minimum Gasteiger partial charge on any atom is -0.497 e. The van der Waals surface area contributed by atoms with E-state index in [0.29, 0.717) is 23.5 Å². The molecular formula is C17H22O2. The number of methoxy groups -OCH3 is 1. The molecule has 2 heteroatoms. The summed E-state index contributed by atoms with van der Waals surface area (Å²) in [6.45, 7) is 4.47. The highest BCUT2D eigenvalue weighted by Crippen LogP contribution is 2.56. The van der Waals surface area contributed by atoms with Gasteiger partial charge < -0.3 is 4.74 Å². The molecule has 0 saturated heterocycles. The third-order valence-corrected chi connectivity index (χ3v) is 5.24. The average Bonchev–Trinajstić information content (AvgIpc) is 2.96. The number of hydrogen-bond acceptors (Lipinski definition) is 2. The molecule has 3 rings (SSSR count). The first-order valence-corrected chi connectivity index (χ1v) is 7.43. The number of hydrogen-bond donors (Lipinski definition) is 0. The van der Waals surface area contributed by atoms with Crippen molar-refractivity contribution in [3.63, 3.8) is 0 Å². The van der Waals surface area contributed by atoms with Gasteiger partial charge in [0.15, 0.2) is 5.78 Å². The Kier molecular flexibility index (Phi) is 3.12. The second-order valence-corrected chi connectivity index (χ2v) is 5.94. The van der Waals surface area contributed by atoms with Crippen LogP contribution in [-0.4, -0.2) is 12.9 Å². The molecule has 4 atom stereocenters. The van der Waals surface area contributed by atoms with Crippen molar-refractivity contribution in [3.05, 3.63) is 29.3 Å². The number of ketones is 1. The standard InChI is InChI=1S/C17H22O2/c1-4-10-8-11(5-2)16-15(10)14-9-12(19-3)6-7-13(14)17(16)18/h6-7,9-11,15-16H,4-5,8H2,1-3H3. The third kappa shape index (κ3) is 1.73. The SMILES string of the molecule is CCC1CC(CC)C2c3cc(OC)ccc3C(=O)C12. The van der Waals surface area contributed by atoms with Gasteiger partial charge in [0.1, 0.15) is 5.75 Å². The topological polar surface area (TPSA) is 26.3 Å². The molecule has 0 radical (unpaired) electrons. The molecule has 0 amide bonds. The second-order valence-electron chi connectivity index (χ2n) is 5.94. The highest BCUT2D eigenvalue weighted by atomic mass is 16.5. The first-order chi connectivity index (χ1) is 9.21. The lowest BCUT2D eigenvalue weighted by molar-refractivity contribution is 0.0897. The van der Waals surface area contributed by atoms with Gasteiger partial charge in [0.25, 0.3) is 0 Å². The van der Waals surface area contributed by atoms with Crippen LogP contribution in [0.4, 0.5) is 0 Å². The van der Waals surface area contributed by atoms with Crippen LogP contribution in [-0.2, 0) is 0 Å². The quantitative estimate of drug-likeness (QED) is 0.817. The molecule has 0 heterocycles. The van der Waals surface area contributed by atoms with Gasteiger partial charge in [0, 0.05) is 11.5 Å². The van der Waals surface area contributed by atoms with Crippen molar-refractivity contribution < 1.29 is 9.53 Å². The zero-order valence-corrected chi connectivity index (χ0v) is 12.0. The molecule has 1 fully saturated rings. The molecule has 2 aliphatic rings. The fourth-order valence-corrected chi connectivity index (χ4v) is 4.28. The number of benzene rings is 1. The van der Waals surface area contributed by atoms with E-state index < -0.39 is 0 Å². The van der Waals surface area contributed by atoms with E-state index in [-0.39, 0.29) is 5.92 Å². The minimum atomic E-state index is 0.233. The fraction of sp³-hybridized carbons (Fsp3) is 0.588. The highest BCUT2D eigenvalue weighted by Gasteiger charge is 2.51. The van der Waals surface area contributed by atoms with Crippen LogP contribution in [0, 0.1) is 17.8 Å². The Morgan fingerprint density at radius 2 is 1.84 bits per heavy atom. The molecule has 2 aliphatic carbocycles. The molecule has 102 valence electrons. The van der Waals surface area contributed by atoms with Gasteiger partial charge in [0.2, 0.25) is 0 Å². The van der Waals surface area contributed by atoms with Crippen molar-refractivity contribution in [2.75, 3.05) is 7.11 Å². The molecule has 1 saturated carbocycles. The zero-order chi connectivity index (χ0) is 13.6. The molecular weight excluding hydrogens is 236 g/mol. The summed E-state index contributed by atoms with van der Waals surface area (Å²) in [7, 11) is 1.69. The lowest BCUT2D eigenvalue weighted by atomic mass is 9.85. The molecule has 2 nitrogen and oxygen atoms in total. The zero-order valence-electron chi connectivity index (χ0n) is 12.0. The average molecular weight is 258 g/mol. The monoisotopic (exact) mass is 258 g/mol. The number of carbonyl (C=O) groups excluding carboxylic acids is 1. The van der Waals surface area contributed by atoms with Gasteiger partial charge in [-0.15, -0.1) is 0 Å². The van der Waals surface area contributed by atoms with E-state index in [9.17, 15) is 4.79 Å². The van der Waals surface area contributed by atoms with Gasteiger partial charge in [-0.1, -0.05) is 26.7 Å². The largest absolute Gasteiger partial charge is 0.497 e. The van der Waals surface area contributed by atoms with E-state index >= 15 is 0 Å². The van der Waals surface area contributed by atoms with E-state index in [4.69, 9.17) is 4.74 Å². The number of fused-ring (bicyclic) bond motifs is 3. The molecule has 19 heavy (non-hydrogen) atoms. The first-order valence-electron chi connectivity index (χ1n) is 7.43. The first kappa shape index (κ1) is 12.7. The summed E-state index contributed by atoms with van der Waals surface area (Å²) in [5, 5.41) is 0. The Labute approximate surface area is 115 Å². The summed E-state index contributed by atoms with van der Waals surface area (Å²) in [6.07, 6.45) is 3.50. The molecule has 1 aromatic carbocycles. The maximum Gasteiger partial charge on any atom is 0.167 e. The Morgan fingerprint density at radius 3 is 2.47 bits per heavy atom. The van der Waals surface area contributed by atoms with Crippen molar-refractivity contribution in [2.24, 2.45) is 17.8 Å². The Hall–Kier alpha value is -1.31. The smallest absolute Gasteiger partial charge is 0.167 e. The van der Waals surface area contributed by atoms with E-state index in [1.807, 2.05) is 12.1 Å². The van der Waals surface area contributed by atoms with E-state index in [1.165, 1.54) is 18.4 Å². The Bertz CT molecular complexity index is 506. The molecule has 1 aromatic rings. The van der Waals surface area contributed by atoms with Crippen molar-refractivity contribution in [3.8, 4) is 5.75 Å². The van der Waals surface area contributed by atoms with Crippen LogP contribution in [0.25, 0.3) is 0 Å². The van der Waals surface area contributed by atoms with Crippen molar-refractivity contribution in [2.45, 2.75) is 39.0 Å². The van der Waals surface area contributed by atoms with E-state index in [0.717, 1.165) is 17.7 Å². The van der Waals surface area contributed by atoms with Gasteiger partial charge in [-0.2, -0.15) is 0 Å². The maximum atomic E-state index is 12.7. The lowest BCUT2D eigenvalue weighted by Crippen LogP contribution is -2.16. The predicted octanol–water partition coefficient (Wildman–Crippen LogP) is 4.05. The second kappa shape index (κ2) is 4.66. The molecule has 0 aliphatic heterocycles. The predicted molar refractivity (Wildman–Crippen MR) is 75.7 cm³/mol. The van der Waals surface area contributed by atoms with Crippen LogP contribution < -0.4 is 4.74 Å². The summed E-state index contributed by atoms with van der Waals surface area (Å²) >= 11 is 0. The molecule has 0 spiro atoms. The summed E-state index contributed by atoms with van der Waals surface area (Å²) in [6, 6.07) is 5.98. The number of rotatable bonds is 3. The summed E-state index contributed by atoms with van der Waals surface area (Å²) in [5.74, 6) is 3.16. The van der Waals surface area contributed by atoms with E-state index in [1.54, 1.807) is 7.11 Å². The van der Waals surface area contributed by atoms with Crippen LogP contribution in [0.15, 0.2) is 18.2 Å². The molecule has 0 bridgehead atoms. The van der Waals surface area contributed by atoms with Crippen LogP contribution in [0.5, 0.6) is 5.75 Å². The number of Topliss-reactive ketones (excluding diaryl/α,β-unsaturated/α-hetero) is 1. The summed E-state index contributed by atoms with van der Waals surface area (Å²) < 4.78 is 5.33. The summed E-state index contributed by atoms with van der Waals surface area (Å²) in [4.78, 5) is 12.7. The van der Waals surface area contributed by atoms with Crippen molar-refractivity contribution in [1.29, 1.82) is 0 Å². The third-order valence-electron chi connectivity index (χ3n) is 5.24. The highest BCUT2D eigenvalue weighted by molar-refractivity contribution is 6.04. The van der Waals surface area contributed by atoms with E-state index in [2.05, 4.69) is 19.9 Å². The van der Waals surface area contributed by atoms with Crippen molar-refractivity contribution >= 4 is 5.78 Å². The normalized spacial score (nSPS) is 32.3. The van der Waals surface area contributed by atoms with Gasteiger partial charge in [-0.05, 0) is 47.9 Å². The molecule has 0 N–H and O–H groups in total. The molecule has 4 unspecified atom stereocenters. The van der Waals surface area contributed by atoms with Crippen LogP contribution in [0.2, 0.25) is 0 Å². The van der Waals surface area contributed by atoms with Crippen molar-refractivity contribution in [1.82, 2.24) is 0 Å². The van der Waals surface area contributed by atoms with Gasteiger partial charge in [-0.25, -0.2) is 0 Å². The van der Waals surface area contributed by atoms with Gasteiger partial charge in [0.05, 0.1) is 7.11 Å². The van der Waals surface area contributed by atoms with Crippen LogP contribution in [0.3, 0.4) is 0 Å². The Balaban J connectivity index is 2.08. The number of carbonyl (C=O) groups is 1. The minimum absolute atomic E-state index is 0.233. The summed E-state index contributed by atoms with van der Waals surface area (Å²) in [5.41, 5.74) is 2.20. The van der Waals surface area contributed by atoms with Crippen LogP contribution in [0.1, 0.15) is 54.9 Å². The van der Waals surface area contributed by atoms with Gasteiger partial charge >= 0.3 is 0 Å². The van der Waals surface area contributed by atoms with Gasteiger partial charge in [-0.3, -0.25) is 4.79 Å². The maximum absolute atomic E-state index is 12.7. The Morgan fingerprint density at radius 1 is 1.16 bits per heavy atom. The molecule has 0 aromatic heterocycles. The fourth-order valence-electron chi connectivity index (χ4n) is 4.28. The van der Waals surface area contributed by atoms with Crippen LogP contribution >= 0.6 is 0 Å².